The monoisotopic (exact) mass is 416 g/mol. The second kappa shape index (κ2) is 9.85. The van der Waals surface area contributed by atoms with Crippen molar-refractivity contribution in [3.8, 4) is 0 Å². The molecule has 0 amide bonds. The molecule has 11 heteroatoms. The highest BCUT2D eigenvalue weighted by atomic mass is 35.5. The van der Waals surface area contributed by atoms with Crippen molar-refractivity contribution >= 4 is 52.8 Å². The molecule has 0 fully saturated rings. The molecule has 7 nitrogen and oxygen atoms in total. The van der Waals surface area contributed by atoms with Crippen LogP contribution in [-0.2, 0) is 13.9 Å². The van der Waals surface area contributed by atoms with Gasteiger partial charge in [0.1, 0.15) is 11.9 Å². The Morgan fingerprint density at radius 2 is 2.00 bits per heavy atom. The molecule has 2 unspecified atom stereocenters. The number of alkyl halides is 2. The molecule has 1 rings (SSSR count). The van der Waals surface area contributed by atoms with Crippen molar-refractivity contribution in [1.29, 1.82) is 0 Å². The predicted molar refractivity (Wildman–Crippen MR) is 96.6 cm³/mol. The van der Waals surface area contributed by atoms with E-state index in [0.29, 0.717) is 18.0 Å². The molecular weight excluding hydrogens is 398 g/mol. The molecule has 0 radical (unpaired) electrons. The van der Waals surface area contributed by atoms with E-state index in [9.17, 15) is 19.5 Å². The van der Waals surface area contributed by atoms with Crippen LogP contribution in [0.1, 0.15) is 24.3 Å². The van der Waals surface area contributed by atoms with Crippen molar-refractivity contribution in [3.63, 3.8) is 0 Å². The maximum atomic E-state index is 12.9. The minimum absolute atomic E-state index is 0.0227. The number of hydrogen-bond donors (Lipinski definition) is 0. The molecule has 136 valence electrons. The number of nitro groups is 1. The molecule has 0 spiro atoms. The number of rotatable bonds is 11. The molecule has 0 saturated heterocycles. The van der Waals surface area contributed by atoms with Crippen LogP contribution >= 0.6 is 42.1 Å². The lowest BCUT2D eigenvalue weighted by molar-refractivity contribution is -0.380. The van der Waals surface area contributed by atoms with E-state index in [4.69, 9.17) is 27.7 Å². The van der Waals surface area contributed by atoms with Gasteiger partial charge in [-0.2, -0.15) is 0 Å². The van der Waals surface area contributed by atoms with E-state index in [1.54, 1.807) is 4.67 Å². The normalized spacial score (nSPS) is 15.2. The average Bonchev–Trinajstić information content (AvgIpc) is 2.95. The van der Waals surface area contributed by atoms with Crippen molar-refractivity contribution < 1.29 is 18.8 Å². The first-order chi connectivity index (χ1) is 11.2. The minimum atomic E-state index is -3.28. The fraction of sp³-hybridized carbons (Fsp3) is 0.615. The molecule has 0 aliphatic heterocycles. The van der Waals surface area contributed by atoms with Crippen LogP contribution in [0.5, 0.6) is 0 Å². The predicted octanol–water partition coefficient (Wildman–Crippen LogP) is 4.30. The summed E-state index contributed by atoms with van der Waals surface area (Å²) in [5.74, 6) is 0.331. The number of carbonyl (C=O) groups is 1. The SMILES string of the molecule is CC(=O)CC(OP(C)(=O)N(CCCl)CCCl)c1ccc([N+](=O)[O-])s1. The smallest absolute Gasteiger partial charge is 0.308 e. The largest absolute Gasteiger partial charge is 0.324 e. The second-order valence-corrected chi connectivity index (χ2v) is 9.30. The molecule has 1 aromatic rings. The van der Waals surface area contributed by atoms with Gasteiger partial charge in [0.25, 0.3) is 7.52 Å². The van der Waals surface area contributed by atoms with E-state index >= 15 is 0 Å². The lowest BCUT2D eigenvalue weighted by Crippen LogP contribution is -2.26. The summed E-state index contributed by atoms with van der Waals surface area (Å²) in [6, 6.07) is 2.86. The number of hydrogen-bond acceptors (Lipinski definition) is 6. The number of carbonyl (C=O) groups excluding carboxylic acids is 1. The zero-order valence-electron chi connectivity index (χ0n) is 13.3. The van der Waals surface area contributed by atoms with Crippen LogP contribution < -0.4 is 0 Å². The van der Waals surface area contributed by atoms with E-state index < -0.39 is 18.5 Å². The Morgan fingerprint density at radius 1 is 1.42 bits per heavy atom. The molecule has 0 aliphatic carbocycles. The lowest BCUT2D eigenvalue weighted by atomic mass is 10.2. The Hall–Kier alpha value is -0.500. The summed E-state index contributed by atoms with van der Waals surface area (Å²) < 4.78 is 20.2. The molecule has 2 atom stereocenters. The summed E-state index contributed by atoms with van der Waals surface area (Å²) in [7, 11) is -3.28. The zero-order valence-corrected chi connectivity index (χ0v) is 16.5. The van der Waals surface area contributed by atoms with Crippen molar-refractivity contribution in [2.75, 3.05) is 31.5 Å². The summed E-state index contributed by atoms with van der Waals surface area (Å²) in [4.78, 5) is 22.3. The Kier molecular flexibility index (Phi) is 8.84. The molecular formula is C13H19Cl2N2O5PS. The van der Waals surface area contributed by atoms with Gasteiger partial charge in [-0.25, -0.2) is 4.67 Å². The highest BCUT2D eigenvalue weighted by Gasteiger charge is 2.31. The van der Waals surface area contributed by atoms with Gasteiger partial charge in [0.2, 0.25) is 0 Å². The molecule has 24 heavy (non-hydrogen) atoms. The third-order valence-electron chi connectivity index (χ3n) is 3.10. The van der Waals surface area contributed by atoms with Crippen LogP contribution in [0.15, 0.2) is 12.1 Å². The van der Waals surface area contributed by atoms with Crippen LogP contribution in [0.2, 0.25) is 0 Å². The molecule has 0 aromatic carbocycles. The number of halogens is 2. The number of ketones is 1. The minimum Gasteiger partial charge on any atom is -0.308 e. The Bertz CT molecular complexity index is 621. The summed E-state index contributed by atoms with van der Waals surface area (Å²) in [6.07, 6.45) is -0.837. The molecule has 1 aromatic heterocycles. The van der Waals surface area contributed by atoms with Gasteiger partial charge < -0.3 is 4.52 Å². The number of nitrogens with zero attached hydrogens (tertiary/aromatic N) is 2. The van der Waals surface area contributed by atoms with Crippen molar-refractivity contribution in [2.24, 2.45) is 0 Å². The quantitative estimate of drug-likeness (QED) is 0.231. The fourth-order valence-electron chi connectivity index (χ4n) is 2.04. The van der Waals surface area contributed by atoms with Gasteiger partial charge in [0.15, 0.2) is 0 Å². The Balaban J connectivity index is 3.04. The van der Waals surface area contributed by atoms with Crippen LogP contribution in [0.25, 0.3) is 0 Å². The van der Waals surface area contributed by atoms with Crippen LogP contribution in [-0.4, -0.2) is 46.9 Å². The van der Waals surface area contributed by atoms with Crippen molar-refractivity contribution in [1.82, 2.24) is 4.67 Å². The highest BCUT2D eigenvalue weighted by molar-refractivity contribution is 7.55. The zero-order chi connectivity index (χ0) is 18.3. The first-order valence-corrected chi connectivity index (χ1v) is 11.0. The van der Waals surface area contributed by atoms with Crippen LogP contribution in [0.3, 0.4) is 0 Å². The van der Waals surface area contributed by atoms with Gasteiger partial charge in [-0.1, -0.05) is 11.3 Å². The van der Waals surface area contributed by atoms with Gasteiger partial charge >= 0.3 is 5.00 Å². The van der Waals surface area contributed by atoms with Gasteiger partial charge in [-0.15, -0.1) is 23.2 Å². The lowest BCUT2D eigenvalue weighted by Gasteiger charge is -2.30. The van der Waals surface area contributed by atoms with E-state index in [1.165, 1.54) is 25.7 Å². The van der Waals surface area contributed by atoms with Gasteiger partial charge in [-0.05, 0) is 13.0 Å². The van der Waals surface area contributed by atoms with Gasteiger partial charge in [0, 0.05) is 48.9 Å². The summed E-state index contributed by atoms with van der Waals surface area (Å²) in [6.45, 7) is 3.45. The molecule has 0 N–H and O–H groups in total. The molecule has 0 saturated carbocycles. The third kappa shape index (κ3) is 6.43. The Labute approximate surface area is 154 Å². The standard InChI is InChI=1S/C13H19Cl2N2O5PS/c1-10(18)9-11(12-3-4-13(24-12)17(19)20)22-23(2,21)16(7-5-14)8-6-15/h3-4,11H,5-9H2,1-2H3. The second-order valence-electron chi connectivity index (χ2n) is 5.07. The summed E-state index contributed by atoms with van der Waals surface area (Å²) in [5.41, 5.74) is 0. The maximum Gasteiger partial charge on any atom is 0.324 e. The molecule has 0 aliphatic rings. The van der Waals surface area contributed by atoms with Crippen LogP contribution in [0, 0.1) is 10.1 Å². The first kappa shape index (κ1) is 21.5. The maximum absolute atomic E-state index is 12.9. The third-order valence-corrected chi connectivity index (χ3v) is 6.64. The topological polar surface area (TPSA) is 89.8 Å². The molecule has 1 heterocycles. The van der Waals surface area contributed by atoms with Crippen LogP contribution in [0.4, 0.5) is 5.00 Å². The van der Waals surface area contributed by atoms with E-state index in [2.05, 4.69) is 0 Å². The van der Waals surface area contributed by atoms with E-state index in [0.717, 1.165) is 11.3 Å². The Morgan fingerprint density at radius 3 is 2.42 bits per heavy atom. The first-order valence-electron chi connectivity index (χ1n) is 7.08. The number of Topliss-reactive ketones (excluding diaryl/α,β-unsaturated/α-hetero) is 1. The van der Waals surface area contributed by atoms with Gasteiger partial charge in [-0.3, -0.25) is 19.5 Å². The van der Waals surface area contributed by atoms with Gasteiger partial charge in [0.05, 0.1) is 4.92 Å². The molecule has 0 bridgehead atoms. The van der Waals surface area contributed by atoms with Crippen molar-refractivity contribution in [3.05, 3.63) is 27.1 Å². The van der Waals surface area contributed by atoms with E-state index in [1.807, 2.05) is 0 Å². The average molecular weight is 417 g/mol. The summed E-state index contributed by atoms with van der Waals surface area (Å²) in [5, 5.41) is 10.8. The number of thiophene rings is 1. The fourth-order valence-corrected chi connectivity index (χ4v) is 5.32. The van der Waals surface area contributed by atoms with E-state index in [-0.39, 0.29) is 29.0 Å². The highest BCUT2D eigenvalue weighted by Crippen LogP contribution is 2.52. The van der Waals surface area contributed by atoms with Crippen molar-refractivity contribution in [2.45, 2.75) is 19.4 Å². The summed E-state index contributed by atoms with van der Waals surface area (Å²) >= 11 is 12.4.